The van der Waals surface area contributed by atoms with Gasteiger partial charge in [-0.15, -0.1) is 0 Å². The summed E-state index contributed by atoms with van der Waals surface area (Å²) in [5, 5.41) is 9.98. The molecule has 0 saturated carbocycles. The molecule has 2 amide bonds. The van der Waals surface area contributed by atoms with E-state index in [1.54, 1.807) is 12.1 Å². The largest absolute Gasteiger partial charge is 0.326 e. The van der Waals surface area contributed by atoms with Gasteiger partial charge in [-0.1, -0.05) is 12.1 Å². The van der Waals surface area contributed by atoms with Crippen molar-refractivity contribution in [2.24, 2.45) is 5.92 Å². The highest BCUT2D eigenvalue weighted by molar-refractivity contribution is 6.07. The summed E-state index contributed by atoms with van der Waals surface area (Å²) in [6, 6.07) is 10.4. The molecule has 1 fully saturated rings. The van der Waals surface area contributed by atoms with Crippen LogP contribution in [-0.2, 0) is 9.59 Å². The van der Waals surface area contributed by atoms with E-state index in [4.69, 9.17) is 0 Å². The van der Waals surface area contributed by atoms with Gasteiger partial charge in [0.05, 0.1) is 16.8 Å². The van der Waals surface area contributed by atoms with Gasteiger partial charge < -0.3 is 5.32 Å². The van der Waals surface area contributed by atoms with Crippen LogP contribution in [0.5, 0.6) is 0 Å². The zero-order chi connectivity index (χ0) is 19.1. The van der Waals surface area contributed by atoms with Crippen molar-refractivity contribution in [1.82, 2.24) is 10.2 Å². The molecular formula is C20H19FN4O2. The predicted octanol–water partition coefficient (Wildman–Crippen LogP) is 3.31. The molecule has 0 bridgehead atoms. The number of aryl methyl sites for hydroxylation is 2. The third kappa shape index (κ3) is 3.16. The van der Waals surface area contributed by atoms with Crippen LogP contribution in [0.25, 0.3) is 10.9 Å². The summed E-state index contributed by atoms with van der Waals surface area (Å²) >= 11 is 0. The van der Waals surface area contributed by atoms with Gasteiger partial charge in [0.2, 0.25) is 11.8 Å². The molecule has 1 atom stereocenters. The highest BCUT2D eigenvalue weighted by Gasteiger charge is 2.37. The number of benzene rings is 2. The maximum Gasteiger partial charge on any atom is 0.229 e. The zero-order valence-electron chi connectivity index (χ0n) is 15.0. The second-order valence-corrected chi connectivity index (χ2v) is 6.98. The van der Waals surface area contributed by atoms with Gasteiger partial charge in [-0.05, 0) is 49.2 Å². The first-order chi connectivity index (χ1) is 12.9. The molecule has 138 valence electrons. The Morgan fingerprint density at radius 1 is 1.26 bits per heavy atom. The number of hydrogen-bond acceptors (Lipinski definition) is 3. The maximum absolute atomic E-state index is 14.2. The molecule has 3 aromatic rings. The van der Waals surface area contributed by atoms with Gasteiger partial charge in [0, 0.05) is 18.7 Å². The van der Waals surface area contributed by atoms with Crippen molar-refractivity contribution in [2.75, 3.05) is 16.8 Å². The molecule has 1 saturated heterocycles. The molecule has 0 aliphatic carbocycles. The number of carbonyl (C=O) groups is 2. The SMILES string of the molecule is Cc1cc(C)cc(NC(=O)[C@H]2CC(=O)N(c3n[nH]c4cccc(F)c34)C2)c1. The van der Waals surface area contributed by atoms with E-state index in [1.165, 1.54) is 11.0 Å². The molecule has 0 spiro atoms. The van der Waals surface area contributed by atoms with E-state index in [1.807, 2.05) is 32.0 Å². The van der Waals surface area contributed by atoms with Crippen LogP contribution in [0.1, 0.15) is 17.5 Å². The number of H-pyrrole nitrogens is 1. The minimum Gasteiger partial charge on any atom is -0.326 e. The quantitative estimate of drug-likeness (QED) is 0.746. The van der Waals surface area contributed by atoms with Crippen LogP contribution in [-0.4, -0.2) is 28.6 Å². The average molecular weight is 366 g/mol. The van der Waals surface area contributed by atoms with E-state index >= 15 is 0 Å². The molecule has 2 heterocycles. The van der Waals surface area contributed by atoms with Crippen LogP contribution >= 0.6 is 0 Å². The molecule has 2 aromatic carbocycles. The Morgan fingerprint density at radius 2 is 2.00 bits per heavy atom. The van der Waals surface area contributed by atoms with Crippen molar-refractivity contribution in [2.45, 2.75) is 20.3 Å². The van der Waals surface area contributed by atoms with Gasteiger partial charge in [-0.2, -0.15) is 5.10 Å². The van der Waals surface area contributed by atoms with E-state index in [2.05, 4.69) is 15.5 Å². The number of fused-ring (bicyclic) bond motifs is 1. The van der Waals surface area contributed by atoms with Crippen molar-refractivity contribution in [1.29, 1.82) is 0 Å². The first kappa shape index (κ1) is 17.2. The summed E-state index contributed by atoms with van der Waals surface area (Å²) in [4.78, 5) is 26.5. The van der Waals surface area contributed by atoms with Gasteiger partial charge in [0.15, 0.2) is 5.82 Å². The lowest BCUT2D eigenvalue weighted by Gasteiger charge is -2.15. The molecule has 7 heteroatoms. The Bertz CT molecular complexity index is 1040. The number of nitrogens with one attached hydrogen (secondary N) is 2. The minimum atomic E-state index is -0.517. The molecular weight excluding hydrogens is 347 g/mol. The van der Waals surface area contributed by atoms with E-state index < -0.39 is 11.7 Å². The number of halogens is 1. The smallest absolute Gasteiger partial charge is 0.229 e. The van der Waals surface area contributed by atoms with Gasteiger partial charge in [-0.25, -0.2) is 4.39 Å². The van der Waals surface area contributed by atoms with Gasteiger partial charge >= 0.3 is 0 Å². The molecule has 4 rings (SSSR count). The Kier molecular flexibility index (Phi) is 4.14. The fraction of sp³-hybridized carbons (Fsp3) is 0.250. The van der Waals surface area contributed by atoms with Crippen LogP contribution in [0, 0.1) is 25.6 Å². The number of nitrogens with zero attached hydrogens (tertiary/aromatic N) is 2. The fourth-order valence-corrected chi connectivity index (χ4v) is 3.59. The number of amides is 2. The van der Waals surface area contributed by atoms with Crippen LogP contribution in [0.3, 0.4) is 0 Å². The van der Waals surface area contributed by atoms with Crippen LogP contribution < -0.4 is 10.2 Å². The van der Waals surface area contributed by atoms with E-state index in [-0.39, 0.29) is 36.0 Å². The molecule has 27 heavy (non-hydrogen) atoms. The molecule has 2 N–H and O–H groups in total. The molecule has 1 aromatic heterocycles. The Balaban J connectivity index is 1.55. The topological polar surface area (TPSA) is 78.1 Å². The summed E-state index contributed by atoms with van der Waals surface area (Å²) in [6.07, 6.45) is 0.0689. The molecule has 0 unspecified atom stereocenters. The lowest BCUT2D eigenvalue weighted by Crippen LogP contribution is -2.28. The van der Waals surface area contributed by atoms with Gasteiger partial charge in [0.25, 0.3) is 0 Å². The predicted molar refractivity (Wildman–Crippen MR) is 101 cm³/mol. The van der Waals surface area contributed by atoms with Crippen molar-refractivity contribution in [3.8, 4) is 0 Å². The first-order valence-corrected chi connectivity index (χ1v) is 8.74. The summed E-state index contributed by atoms with van der Waals surface area (Å²) in [6.45, 7) is 4.09. The summed E-state index contributed by atoms with van der Waals surface area (Å²) in [7, 11) is 0. The highest BCUT2D eigenvalue weighted by Crippen LogP contribution is 2.31. The summed E-state index contributed by atoms with van der Waals surface area (Å²) in [5.41, 5.74) is 3.32. The second-order valence-electron chi connectivity index (χ2n) is 6.98. The Hall–Kier alpha value is -3.22. The van der Waals surface area contributed by atoms with Crippen LogP contribution in [0.4, 0.5) is 15.9 Å². The molecule has 6 nitrogen and oxygen atoms in total. The van der Waals surface area contributed by atoms with Gasteiger partial charge in [-0.3, -0.25) is 19.6 Å². The Morgan fingerprint density at radius 3 is 2.74 bits per heavy atom. The monoisotopic (exact) mass is 366 g/mol. The average Bonchev–Trinajstić information content (AvgIpc) is 3.18. The van der Waals surface area contributed by atoms with E-state index in [0.717, 1.165) is 11.1 Å². The number of carbonyl (C=O) groups excluding carboxylic acids is 2. The zero-order valence-corrected chi connectivity index (χ0v) is 15.0. The normalized spacial score (nSPS) is 16.9. The lowest BCUT2D eigenvalue weighted by atomic mass is 10.1. The molecule has 1 aliphatic rings. The van der Waals surface area contributed by atoms with Crippen molar-refractivity contribution >= 4 is 34.2 Å². The third-order valence-corrected chi connectivity index (χ3v) is 4.76. The van der Waals surface area contributed by atoms with Crippen molar-refractivity contribution < 1.29 is 14.0 Å². The first-order valence-electron chi connectivity index (χ1n) is 8.74. The molecule has 1 aliphatic heterocycles. The van der Waals surface area contributed by atoms with Crippen LogP contribution in [0.2, 0.25) is 0 Å². The van der Waals surface area contributed by atoms with E-state index in [9.17, 15) is 14.0 Å². The van der Waals surface area contributed by atoms with Gasteiger partial charge in [0.1, 0.15) is 5.82 Å². The molecule has 0 radical (unpaired) electrons. The Labute approximate surface area is 155 Å². The fourth-order valence-electron chi connectivity index (χ4n) is 3.59. The second kappa shape index (κ2) is 6.50. The summed E-state index contributed by atoms with van der Waals surface area (Å²) in [5.74, 6) is -1.21. The summed E-state index contributed by atoms with van der Waals surface area (Å²) < 4.78 is 14.2. The number of hydrogen-bond donors (Lipinski definition) is 2. The number of aromatic nitrogens is 2. The van der Waals surface area contributed by atoms with Crippen molar-refractivity contribution in [3.05, 3.63) is 53.3 Å². The minimum absolute atomic E-state index is 0.0689. The van der Waals surface area contributed by atoms with Crippen LogP contribution in [0.15, 0.2) is 36.4 Å². The standard InChI is InChI=1S/C20H19FN4O2/c1-11-6-12(2)8-14(7-11)22-20(27)13-9-17(26)25(10-13)19-18-15(21)4-3-5-16(18)23-24-19/h3-8,13H,9-10H2,1-2H3,(H,22,27)(H,23,24)/t13-/m0/s1. The highest BCUT2D eigenvalue weighted by atomic mass is 19.1. The third-order valence-electron chi connectivity index (χ3n) is 4.76. The number of anilines is 2. The van der Waals surface area contributed by atoms with Crippen molar-refractivity contribution in [3.63, 3.8) is 0 Å². The number of aromatic amines is 1. The lowest BCUT2D eigenvalue weighted by molar-refractivity contribution is -0.122. The maximum atomic E-state index is 14.2. The number of rotatable bonds is 3. The van der Waals surface area contributed by atoms with E-state index in [0.29, 0.717) is 11.2 Å².